The zero-order valence-electron chi connectivity index (χ0n) is 14.8. The molecule has 0 N–H and O–H groups in total. The summed E-state index contributed by atoms with van der Waals surface area (Å²) in [4.78, 5) is 11.3. The highest BCUT2D eigenvalue weighted by molar-refractivity contribution is 5.79. The standard InChI is InChI=1S/C19H27F5O2/c20-16-9-15(10-17(21)18(16)22)26-19(23,24)13-5-1-11(2-6-13)12-3-7-14(25)8-4-12/h11-13,15-18H,1-10H2. The zero-order valence-corrected chi connectivity index (χ0v) is 14.8. The molecule has 0 aliphatic heterocycles. The molecule has 3 rings (SSSR count). The van der Waals surface area contributed by atoms with Crippen molar-refractivity contribution in [2.75, 3.05) is 0 Å². The molecule has 0 aromatic rings. The Hall–Kier alpha value is -0.720. The minimum Gasteiger partial charge on any atom is -0.317 e. The van der Waals surface area contributed by atoms with Crippen LogP contribution in [-0.2, 0) is 9.53 Å². The first-order valence-electron chi connectivity index (χ1n) is 9.75. The predicted molar refractivity (Wildman–Crippen MR) is 86.2 cm³/mol. The fourth-order valence-electron chi connectivity index (χ4n) is 4.86. The van der Waals surface area contributed by atoms with Gasteiger partial charge in [0, 0.05) is 25.7 Å². The second-order valence-corrected chi connectivity index (χ2v) is 8.24. The second-order valence-electron chi connectivity index (χ2n) is 8.24. The lowest BCUT2D eigenvalue weighted by Gasteiger charge is -2.39. The van der Waals surface area contributed by atoms with E-state index in [1.807, 2.05) is 0 Å². The number of hydrogen-bond donors (Lipinski definition) is 0. The first-order chi connectivity index (χ1) is 12.3. The fourth-order valence-corrected chi connectivity index (χ4v) is 4.86. The minimum absolute atomic E-state index is 0.287. The molecule has 7 heteroatoms. The number of carbonyl (C=O) groups is 1. The number of ketones is 1. The molecule has 0 aromatic carbocycles. The maximum Gasteiger partial charge on any atom is 0.358 e. The predicted octanol–water partition coefficient (Wildman–Crippen LogP) is 5.34. The van der Waals surface area contributed by atoms with Crippen LogP contribution in [-0.4, -0.2) is 36.5 Å². The summed E-state index contributed by atoms with van der Waals surface area (Å²) in [5.74, 6) is 0.114. The summed E-state index contributed by atoms with van der Waals surface area (Å²) < 4.78 is 73.7. The lowest BCUT2D eigenvalue weighted by atomic mass is 9.70. The molecule has 3 aliphatic carbocycles. The maximum atomic E-state index is 14.5. The Labute approximate surface area is 150 Å². The van der Waals surface area contributed by atoms with E-state index in [1.165, 1.54) is 0 Å². The Morgan fingerprint density at radius 2 is 1.31 bits per heavy atom. The van der Waals surface area contributed by atoms with Crippen molar-refractivity contribution in [1.29, 1.82) is 0 Å². The summed E-state index contributed by atoms with van der Waals surface area (Å²) in [6, 6.07) is 0. The van der Waals surface area contributed by atoms with E-state index in [0.717, 1.165) is 12.8 Å². The smallest absolute Gasteiger partial charge is 0.317 e. The minimum atomic E-state index is -3.44. The van der Waals surface area contributed by atoms with Crippen molar-refractivity contribution >= 4 is 5.78 Å². The summed E-state index contributed by atoms with van der Waals surface area (Å²) in [6.07, 6.45) is -7.39. The number of ether oxygens (including phenoxy) is 1. The van der Waals surface area contributed by atoms with E-state index in [2.05, 4.69) is 0 Å². The van der Waals surface area contributed by atoms with Crippen molar-refractivity contribution in [3.63, 3.8) is 0 Å². The molecule has 0 bridgehead atoms. The second kappa shape index (κ2) is 8.11. The van der Waals surface area contributed by atoms with E-state index in [4.69, 9.17) is 4.74 Å². The van der Waals surface area contributed by atoms with Crippen molar-refractivity contribution in [3.8, 4) is 0 Å². The van der Waals surface area contributed by atoms with E-state index in [1.54, 1.807) is 0 Å². The number of alkyl halides is 5. The van der Waals surface area contributed by atoms with Gasteiger partial charge in [0.25, 0.3) is 0 Å². The van der Waals surface area contributed by atoms with Crippen LogP contribution in [0.25, 0.3) is 0 Å². The number of halogens is 5. The number of carbonyl (C=O) groups excluding carboxylic acids is 1. The van der Waals surface area contributed by atoms with Crippen LogP contribution < -0.4 is 0 Å². The van der Waals surface area contributed by atoms with Crippen LogP contribution in [0.1, 0.15) is 64.2 Å². The SMILES string of the molecule is O=C1CCC(C2CCC(C(F)(F)OC3CC(F)C(F)C(F)C3)CC2)CC1. The van der Waals surface area contributed by atoms with Crippen molar-refractivity contribution in [3.05, 3.63) is 0 Å². The fraction of sp³-hybridized carbons (Fsp3) is 0.947. The molecule has 3 fully saturated rings. The quantitative estimate of drug-likeness (QED) is 0.614. The average Bonchev–Trinajstić information content (AvgIpc) is 2.60. The molecule has 2 atom stereocenters. The van der Waals surface area contributed by atoms with E-state index in [0.29, 0.717) is 50.4 Å². The lowest BCUT2D eigenvalue weighted by Crippen LogP contribution is -2.45. The van der Waals surface area contributed by atoms with Gasteiger partial charge in [-0.3, -0.25) is 4.79 Å². The van der Waals surface area contributed by atoms with Gasteiger partial charge in [0.05, 0.1) is 12.0 Å². The van der Waals surface area contributed by atoms with Crippen LogP contribution in [0.3, 0.4) is 0 Å². The number of Topliss-reactive ketones (excluding diaryl/α,β-unsaturated/α-hetero) is 1. The van der Waals surface area contributed by atoms with Gasteiger partial charge in [-0.2, -0.15) is 8.78 Å². The molecule has 0 radical (unpaired) electrons. The van der Waals surface area contributed by atoms with Crippen LogP contribution >= 0.6 is 0 Å². The molecule has 3 aliphatic rings. The summed E-state index contributed by atoms with van der Waals surface area (Å²) in [5.41, 5.74) is 0. The first kappa shape index (κ1) is 20.0. The van der Waals surface area contributed by atoms with Gasteiger partial charge in [-0.15, -0.1) is 0 Å². The molecule has 0 saturated heterocycles. The third kappa shape index (κ3) is 4.57. The van der Waals surface area contributed by atoms with Crippen LogP contribution in [0.5, 0.6) is 0 Å². The molecule has 0 aromatic heterocycles. The van der Waals surface area contributed by atoms with Gasteiger partial charge in [0.15, 0.2) is 6.17 Å². The van der Waals surface area contributed by atoms with Crippen LogP contribution in [0.4, 0.5) is 22.0 Å². The Kier molecular flexibility index (Phi) is 6.25. The van der Waals surface area contributed by atoms with Crippen molar-refractivity contribution in [2.24, 2.45) is 17.8 Å². The molecule has 2 nitrogen and oxygen atoms in total. The van der Waals surface area contributed by atoms with E-state index < -0.39 is 49.5 Å². The highest BCUT2D eigenvalue weighted by Crippen LogP contribution is 2.45. The summed E-state index contributed by atoms with van der Waals surface area (Å²) >= 11 is 0. The molecular weight excluding hydrogens is 355 g/mol. The summed E-state index contributed by atoms with van der Waals surface area (Å²) in [5, 5.41) is 0. The van der Waals surface area contributed by atoms with Gasteiger partial charge in [-0.1, -0.05) is 0 Å². The first-order valence-corrected chi connectivity index (χ1v) is 9.75. The molecule has 3 saturated carbocycles. The number of hydrogen-bond acceptors (Lipinski definition) is 2. The van der Waals surface area contributed by atoms with E-state index in [-0.39, 0.29) is 5.78 Å². The normalized spacial score (nSPS) is 40.6. The van der Waals surface area contributed by atoms with Crippen LogP contribution in [0.2, 0.25) is 0 Å². The molecule has 2 unspecified atom stereocenters. The Morgan fingerprint density at radius 3 is 1.85 bits per heavy atom. The van der Waals surface area contributed by atoms with E-state index >= 15 is 0 Å². The molecule has 0 amide bonds. The van der Waals surface area contributed by atoms with Gasteiger partial charge in [0.1, 0.15) is 18.1 Å². The molecule has 0 heterocycles. The summed E-state index contributed by atoms with van der Waals surface area (Å²) in [7, 11) is 0. The largest absolute Gasteiger partial charge is 0.358 e. The van der Waals surface area contributed by atoms with Crippen molar-refractivity contribution < 1.29 is 31.5 Å². The Balaban J connectivity index is 1.49. The van der Waals surface area contributed by atoms with Gasteiger partial charge in [-0.05, 0) is 50.4 Å². The monoisotopic (exact) mass is 382 g/mol. The highest BCUT2D eigenvalue weighted by Gasteiger charge is 2.48. The van der Waals surface area contributed by atoms with Crippen LogP contribution in [0, 0.1) is 17.8 Å². The van der Waals surface area contributed by atoms with Gasteiger partial charge in [-0.25, -0.2) is 13.2 Å². The van der Waals surface area contributed by atoms with Gasteiger partial charge in [0.2, 0.25) is 0 Å². The highest BCUT2D eigenvalue weighted by atomic mass is 19.3. The lowest BCUT2D eigenvalue weighted by molar-refractivity contribution is -0.306. The number of rotatable bonds is 4. The zero-order chi connectivity index (χ0) is 18.9. The Bertz CT molecular complexity index is 470. The van der Waals surface area contributed by atoms with Crippen LogP contribution in [0.15, 0.2) is 0 Å². The van der Waals surface area contributed by atoms with Gasteiger partial charge >= 0.3 is 6.11 Å². The molecular formula is C19H27F5O2. The van der Waals surface area contributed by atoms with Crippen molar-refractivity contribution in [1.82, 2.24) is 0 Å². The Morgan fingerprint density at radius 1 is 0.808 bits per heavy atom. The topological polar surface area (TPSA) is 26.3 Å². The molecule has 0 spiro atoms. The molecule has 26 heavy (non-hydrogen) atoms. The third-order valence-electron chi connectivity index (χ3n) is 6.49. The third-order valence-corrected chi connectivity index (χ3v) is 6.49. The molecule has 150 valence electrons. The van der Waals surface area contributed by atoms with E-state index in [9.17, 15) is 26.7 Å². The van der Waals surface area contributed by atoms with Gasteiger partial charge < -0.3 is 4.74 Å². The van der Waals surface area contributed by atoms with Crippen molar-refractivity contribution in [2.45, 2.75) is 94.9 Å². The maximum absolute atomic E-state index is 14.5. The summed E-state index contributed by atoms with van der Waals surface area (Å²) in [6.45, 7) is 0. The average molecular weight is 382 g/mol.